The molecule has 88 valence electrons. The lowest BCUT2D eigenvalue weighted by Gasteiger charge is -2.11. The Bertz CT molecular complexity index is 621. The number of benzene rings is 1. The minimum atomic E-state index is -1.14. The van der Waals surface area contributed by atoms with Gasteiger partial charge in [0.1, 0.15) is 6.04 Å². The maximum Gasteiger partial charge on any atom is 0.322 e. The molecule has 0 aliphatic carbocycles. The zero-order valence-corrected chi connectivity index (χ0v) is 8.91. The average molecular weight is 233 g/mol. The third-order valence-corrected chi connectivity index (χ3v) is 2.45. The molecular weight excluding hydrogens is 222 g/mol. The highest BCUT2D eigenvalue weighted by molar-refractivity contribution is 5.76. The summed E-state index contributed by atoms with van der Waals surface area (Å²) in [4.78, 5) is 26.3. The van der Waals surface area contributed by atoms with E-state index in [1.807, 2.05) is 0 Å². The number of para-hydroxylation sites is 2. The normalized spacial score (nSPS) is 12.5. The van der Waals surface area contributed by atoms with Crippen molar-refractivity contribution in [2.75, 3.05) is 0 Å². The van der Waals surface area contributed by atoms with Gasteiger partial charge in [-0.2, -0.15) is 0 Å². The van der Waals surface area contributed by atoms with Crippen molar-refractivity contribution < 1.29 is 9.90 Å². The number of aliphatic carboxylic acids is 1. The maximum atomic E-state index is 11.6. The summed E-state index contributed by atoms with van der Waals surface area (Å²) in [6, 6.07) is 5.89. The number of rotatable bonds is 3. The topological polar surface area (TPSA) is 98.2 Å². The van der Waals surface area contributed by atoms with Gasteiger partial charge in [0, 0.05) is 0 Å². The van der Waals surface area contributed by atoms with Gasteiger partial charge in [-0.15, -0.1) is 0 Å². The van der Waals surface area contributed by atoms with Gasteiger partial charge in [-0.3, -0.25) is 9.59 Å². The van der Waals surface area contributed by atoms with Crippen LogP contribution in [0.4, 0.5) is 0 Å². The third kappa shape index (κ3) is 2.16. The van der Waals surface area contributed by atoms with E-state index >= 15 is 0 Å². The number of aromatic nitrogens is 2. The molecule has 6 heteroatoms. The molecule has 1 atom stereocenters. The van der Waals surface area contributed by atoms with E-state index in [0.717, 1.165) is 6.20 Å². The molecule has 0 saturated carbocycles. The van der Waals surface area contributed by atoms with Crippen molar-refractivity contribution in [3.63, 3.8) is 0 Å². The second-order valence-electron chi connectivity index (χ2n) is 3.64. The first kappa shape index (κ1) is 11.3. The fourth-order valence-corrected chi connectivity index (χ4v) is 1.58. The lowest BCUT2D eigenvalue weighted by molar-refractivity contribution is -0.138. The number of hydrogen-bond donors (Lipinski definition) is 2. The second kappa shape index (κ2) is 4.34. The Kier molecular flexibility index (Phi) is 2.88. The van der Waals surface area contributed by atoms with Crippen LogP contribution >= 0.6 is 0 Å². The van der Waals surface area contributed by atoms with Gasteiger partial charge in [0.25, 0.3) is 5.56 Å². The molecular formula is C11H11N3O3. The fourth-order valence-electron chi connectivity index (χ4n) is 1.58. The van der Waals surface area contributed by atoms with Crippen LogP contribution in [-0.2, 0) is 11.3 Å². The van der Waals surface area contributed by atoms with Crippen molar-refractivity contribution in [2.24, 2.45) is 5.73 Å². The zero-order valence-electron chi connectivity index (χ0n) is 8.91. The predicted molar refractivity (Wildman–Crippen MR) is 61.6 cm³/mol. The van der Waals surface area contributed by atoms with Gasteiger partial charge in [-0.1, -0.05) is 12.1 Å². The largest absolute Gasteiger partial charge is 0.480 e. The predicted octanol–water partition coefficient (Wildman–Crippen LogP) is -0.192. The van der Waals surface area contributed by atoms with E-state index in [1.165, 1.54) is 4.57 Å². The molecule has 0 bridgehead atoms. The van der Waals surface area contributed by atoms with Gasteiger partial charge in [-0.25, -0.2) is 4.98 Å². The van der Waals surface area contributed by atoms with Gasteiger partial charge >= 0.3 is 5.97 Å². The maximum absolute atomic E-state index is 11.6. The van der Waals surface area contributed by atoms with E-state index in [-0.39, 0.29) is 12.1 Å². The number of carbonyl (C=O) groups is 1. The lowest BCUT2D eigenvalue weighted by Crippen LogP contribution is -2.38. The number of hydrogen-bond acceptors (Lipinski definition) is 4. The van der Waals surface area contributed by atoms with E-state index in [9.17, 15) is 9.59 Å². The molecule has 0 amide bonds. The molecule has 0 aliphatic heterocycles. The van der Waals surface area contributed by atoms with Crippen LogP contribution in [0.15, 0.2) is 35.3 Å². The van der Waals surface area contributed by atoms with E-state index in [0.29, 0.717) is 11.0 Å². The Morgan fingerprint density at radius 2 is 2.18 bits per heavy atom. The van der Waals surface area contributed by atoms with Crippen molar-refractivity contribution >= 4 is 17.0 Å². The Balaban J connectivity index is 2.55. The molecule has 0 spiro atoms. The van der Waals surface area contributed by atoms with Crippen LogP contribution in [0.1, 0.15) is 0 Å². The van der Waals surface area contributed by atoms with Crippen LogP contribution < -0.4 is 11.3 Å². The smallest absolute Gasteiger partial charge is 0.322 e. The minimum absolute atomic E-state index is 0.0722. The zero-order chi connectivity index (χ0) is 12.4. The van der Waals surface area contributed by atoms with Gasteiger partial charge in [0.2, 0.25) is 0 Å². The molecule has 0 radical (unpaired) electrons. The number of carboxylic acid groups (broad SMARTS) is 1. The van der Waals surface area contributed by atoms with Crippen LogP contribution in [0.25, 0.3) is 11.0 Å². The Morgan fingerprint density at radius 1 is 1.47 bits per heavy atom. The minimum Gasteiger partial charge on any atom is -0.480 e. The first-order chi connectivity index (χ1) is 8.09. The van der Waals surface area contributed by atoms with Crippen LogP contribution in [0.5, 0.6) is 0 Å². The van der Waals surface area contributed by atoms with Crippen molar-refractivity contribution in [3.05, 3.63) is 40.8 Å². The lowest BCUT2D eigenvalue weighted by atomic mass is 10.2. The SMILES string of the molecule is NC(Cn1c(=O)cnc2ccccc21)C(=O)O. The number of fused-ring (bicyclic) bond motifs is 1. The highest BCUT2D eigenvalue weighted by atomic mass is 16.4. The summed E-state index contributed by atoms with van der Waals surface area (Å²) in [6.07, 6.45) is 1.16. The third-order valence-electron chi connectivity index (χ3n) is 2.45. The van der Waals surface area contributed by atoms with E-state index in [1.54, 1.807) is 24.3 Å². The molecule has 0 saturated heterocycles. The van der Waals surface area contributed by atoms with Gasteiger partial charge in [-0.05, 0) is 12.1 Å². The Labute approximate surface area is 96.3 Å². The molecule has 2 aromatic rings. The highest BCUT2D eigenvalue weighted by Gasteiger charge is 2.14. The summed E-state index contributed by atoms with van der Waals surface area (Å²) in [6.45, 7) is -0.0722. The molecule has 2 rings (SSSR count). The Morgan fingerprint density at radius 3 is 2.88 bits per heavy atom. The van der Waals surface area contributed by atoms with Gasteiger partial charge in [0.05, 0.1) is 23.8 Å². The Hall–Kier alpha value is -2.21. The van der Waals surface area contributed by atoms with Crippen molar-refractivity contribution in [1.82, 2.24) is 9.55 Å². The average Bonchev–Trinajstić information content (AvgIpc) is 2.32. The number of nitrogens with two attached hydrogens (primary N) is 1. The van der Waals surface area contributed by atoms with Gasteiger partial charge < -0.3 is 15.4 Å². The fraction of sp³-hybridized carbons (Fsp3) is 0.182. The van der Waals surface area contributed by atoms with Crippen LogP contribution in [0.3, 0.4) is 0 Å². The van der Waals surface area contributed by atoms with E-state index in [4.69, 9.17) is 10.8 Å². The van der Waals surface area contributed by atoms with Crippen LogP contribution in [-0.4, -0.2) is 26.7 Å². The first-order valence-corrected chi connectivity index (χ1v) is 5.02. The van der Waals surface area contributed by atoms with E-state index in [2.05, 4.69) is 4.98 Å². The van der Waals surface area contributed by atoms with Crippen molar-refractivity contribution in [3.8, 4) is 0 Å². The molecule has 0 fully saturated rings. The summed E-state index contributed by atoms with van der Waals surface area (Å²) < 4.78 is 1.32. The van der Waals surface area contributed by atoms with Crippen molar-refractivity contribution in [2.45, 2.75) is 12.6 Å². The quantitative estimate of drug-likeness (QED) is 0.765. The summed E-state index contributed by atoms with van der Waals surface area (Å²) in [5.74, 6) is -1.14. The monoisotopic (exact) mass is 233 g/mol. The first-order valence-electron chi connectivity index (χ1n) is 5.02. The molecule has 6 nitrogen and oxygen atoms in total. The summed E-state index contributed by atoms with van der Waals surface area (Å²) >= 11 is 0. The number of carboxylic acids is 1. The summed E-state index contributed by atoms with van der Waals surface area (Å²) in [7, 11) is 0. The van der Waals surface area contributed by atoms with Crippen LogP contribution in [0, 0.1) is 0 Å². The summed E-state index contributed by atoms with van der Waals surface area (Å²) in [5.41, 5.74) is 6.28. The molecule has 1 aromatic heterocycles. The highest BCUT2D eigenvalue weighted by Crippen LogP contribution is 2.08. The molecule has 0 aliphatic rings. The second-order valence-corrected chi connectivity index (χ2v) is 3.64. The number of nitrogens with zero attached hydrogens (tertiary/aromatic N) is 2. The standard InChI is InChI=1S/C11H11N3O3/c12-7(11(16)17)6-14-9-4-2-1-3-8(9)13-5-10(14)15/h1-5,7H,6,12H2,(H,16,17). The molecule has 3 N–H and O–H groups in total. The van der Waals surface area contributed by atoms with E-state index < -0.39 is 12.0 Å². The van der Waals surface area contributed by atoms with Crippen molar-refractivity contribution in [1.29, 1.82) is 0 Å². The molecule has 1 unspecified atom stereocenters. The summed E-state index contributed by atoms with van der Waals surface area (Å²) in [5, 5.41) is 8.75. The molecule has 1 aromatic carbocycles. The molecule has 17 heavy (non-hydrogen) atoms. The van der Waals surface area contributed by atoms with Gasteiger partial charge in [0.15, 0.2) is 0 Å². The van der Waals surface area contributed by atoms with Crippen LogP contribution in [0.2, 0.25) is 0 Å². The molecule has 1 heterocycles.